The first-order valence-corrected chi connectivity index (χ1v) is 9.89. The molecule has 0 saturated heterocycles. The lowest BCUT2D eigenvalue weighted by Crippen LogP contribution is -2.24. The molecule has 5 nitrogen and oxygen atoms in total. The molecule has 0 bridgehead atoms. The van der Waals surface area contributed by atoms with E-state index in [-0.39, 0.29) is 17.3 Å². The summed E-state index contributed by atoms with van der Waals surface area (Å²) in [5.74, 6) is -0.775. The number of phenols is 1. The second-order valence-electron chi connectivity index (χ2n) is 7.66. The van der Waals surface area contributed by atoms with Gasteiger partial charge in [0.05, 0.1) is 11.6 Å². The number of halogens is 2. The highest BCUT2D eigenvalue weighted by Crippen LogP contribution is 2.30. The molecule has 2 N–H and O–H groups in total. The SMILES string of the molecule is CCCCOc1cc(NCc2cc(F)cc(Cl)c2O)ccc1C(=O)OC(C)(C)C. The summed E-state index contributed by atoms with van der Waals surface area (Å²) in [5, 5.41) is 13.0. The van der Waals surface area contributed by atoms with Gasteiger partial charge in [-0.1, -0.05) is 24.9 Å². The summed E-state index contributed by atoms with van der Waals surface area (Å²) >= 11 is 5.82. The van der Waals surface area contributed by atoms with Crippen molar-refractivity contribution in [1.82, 2.24) is 0 Å². The average molecular weight is 424 g/mol. The molecule has 0 heterocycles. The van der Waals surface area contributed by atoms with Crippen LogP contribution in [0.5, 0.6) is 11.5 Å². The molecule has 0 atom stereocenters. The molecule has 0 fully saturated rings. The maximum atomic E-state index is 13.6. The Kier molecular flexibility index (Phi) is 7.73. The average Bonchev–Trinajstić information content (AvgIpc) is 2.62. The van der Waals surface area contributed by atoms with Crippen LogP contribution in [0.1, 0.15) is 56.5 Å². The monoisotopic (exact) mass is 423 g/mol. The minimum absolute atomic E-state index is 0.0503. The fourth-order valence-electron chi connectivity index (χ4n) is 2.53. The smallest absolute Gasteiger partial charge is 0.342 e. The molecular formula is C22H27ClFNO4. The fraction of sp³-hybridized carbons (Fsp3) is 0.409. The Morgan fingerprint density at radius 3 is 2.62 bits per heavy atom. The molecule has 7 heteroatoms. The van der Waals surface area contributed by atoms with Crippen molar-refractivity contribution < 1.29 is 23.8 Å². The summed E-state index contributed by atoms with van der Waals surface area (Å²) in [6.07, 6.45) is 1.81. The number of aromatic hydroxyl groups is 1. The Balaban J connectivity index is 2.22. The van der Waals surface area contributed by atoms with Crippen LogP contribution in [-0.4, -0.2) is 23.3 Å². The predicted molar refractivity (Wildman–Crippen MR) is 112 cm³/mol. The standard InChI is InChI=1S/C22H27ClFNO4/c1-5-6-9-28-19-12-16(7-8-17(19)21(27)29-22(2,3)4)25-13-14-10-15(24)11-18(23)20(14)26/h7-8,10-12,25-26H,5-6,9,13H2,1-4H3. The van der Waals surface area contributed by atoms with Crippen molar-refractivity contribution in [1.29, 1.82) is 0 Å². The van der Waals surface area contributed by atoms with Gasteiger partial charge in [0.25, 0.3) is 0 Å². The third-order valence-corrected chi connectivity index (χ3v) is 4.23. The van der Waals surface area contributed by atoms with Crippen molar-refractivity contribution in [2.75, 3.05) is 11.9 Å². The molecule has 0 aliphatic heterocycles. The molecule has 0 aliphatic rings. The molecule has 0 saturated carbocycles. The number of nitrogens with one attached hydrogen (secondary N) is 1. The van der Waals surface area contributed by atoms with Gasteiger partial charge >= 0.3 is 5.97 Å². The van der Waals surface area contributed by atoms with Crippen molar-refractivity contribution in [3.63, 3.8) is 0 Å². The van der Waals surface area contributed by atoms with Crippen molar-refractivity contribution in [3.05, 3.63) is 52.3 Å². The van der Waals surface area contributed by atoms with Crippen LogP contribution < -0.4 is 10.1 Å². The maximum Gasteiger partial charge on any atom is 0.342 e. The van der Waals surface area contributed by atoms with E-state index in [1.54, 1.807) is 39.0 Å². The van der Waals surface area contributed by atoms with E-state index >= 15 is 0 Å². The lowest BCUT2D eigenvalue weighted by atomic mass is 10.1. The third kappa shape index (κ3) is 6.82. The van der Waals surface area contributed by atoms with Crippen molar-refractivity contribution in [2.45, 2.75) is 52.7 Å². The summed E-state index contributed by atoms with van der Waals surface area (Å²) in [6.45, 7) is 8.06. The van der Waals surface area contributed by atoms with Gasteiger partial charge in [-0.05, 0) is 51.5 Å². The van der Waals surface area contributed by atoms with Gasteiger partial charge in [0.1, 0.15) is 28.5 Å². The zero-order valence-electron chi connectivity index (χ0n) is 17.1. The Hall–Kier alpha value is -2.47. The highest BCUT2D eigenvalue weighted by molar-refractivity contribution is 6.32. The number of carbonyl (C=O) groups excluding carboxylic acids is 1. The number of hydrogen-bond acceptors (Lipinski definition) is 5. The highest BCUT2D eigenvalue weighted by Gasteiger charge is 2.21. The van der Waals surface area contributed by atoms with Gasteiger partial charge < -0.3 is 19.9 Å². The molecule has 0 unspecified atom stereocenters. The van der Waals surface area contributed by atoms with Crippen LogP contribution in [0.2, 0.25) is 5.02 Å². The topological polar surface area (TPSA) is 67.8 Å². The van der Waals surface area contributed by atoms with Crippen LogP contribution >= 0.6 is 11.6 Å². The normalized spacial score (nSPS) is 11.2. The van der Waals surface area contributed by atoms with Crippen molar-refractivity contribution in [3.8, 4) is 11.5 Å². The van der Waals surface area contributed by atoms with Crippen LogP contribution in [-0.2, 0) is 11.3 Å². The number of phenolic OH excluding ortho intramolecular Hbond substituents is 1. The number of unbranched alkanes of at least 4 members (excludes halogenated alkanes) is 1. The molecule has 0 aliphatic carbocycles. The van der Waals surface area contributed by atoms with Gasteiger partial charge in [0.15, 0.2) is 0 Å². The molecule has 0 aromatic heterocycles. The van der Waals surface area contributed by atoms with Gasteiger partial charge in [-0.3, -0.25) is 0 Å². The Bertz CT molecular complexity index is 865. The first kappa shape index (κ1) is 22.8. The van der Waals surface area contributed by atoms with Crippen LogP contribution in [0.25, 0.3) is 0 Å². The summed E-state index contributed by atoms with van der Waals surface area (Å²) in [7, 11) is 0. The van der Waals surface area contributed by atoms with E-state index in [0.717, 1.165) is 18.9 Å². The van der Waals surface area contributed by atoms with Gasteiger partial charge in [0, 0.05) is 23.9 Å². The van der Waals surface area contributed by atoms with E-state index in [9.17, 15) is 14.3 Å². The lowest BCUT2D eigenvalue weighted by molar-refractivity contribution is 0.00658. The maximum absolute atomic E-state index is 13.6. The quantitative estimate of drug-likeness (QED) is 0.406. The van der Waals surface area contributed by atoms with E-state index in [1.807, 2.05) is 6.92 Å². The first-order valence-electron chi connectivity index (χ1n) is 9.51. The second-order valence-corrected chi connectivity index (χ2v) is 8.07. The van der Waals surface area contributed by atoms with Gasteiger partial charge in [-0.25, -0.2) is 9.18 Å². The molecule has 29 heavy (non-hydrogen) atoms. The molecule has 2 rings (SSSR count). The molecule has 0 radical (unpaired) electrons. The second kappa shape index (κ2) is 9.83. The Morgan fingerprint density at radius 1 is 1.24 bits per heavy atom. The Morgan fingerprint density at radius 2 is 1.97 bits per heavy atom. The summed E-state index contributed by atoms with van der Waals surface area (Å²) < 4.78 is 24.8. The molecule has 0 amide bonds. The molecule has 2 aromatic carbocycles. The summed E-state index contributed by atoms with van der Waals surface area (Å²) in [5.41, 5.74) is 0.671. The highest BCUT2D eigenvalue weighted by atomic mass is 35.5. The van der Waals surface area contributed by atoms with Crippen LogP contribution in [0.4, 0.5) is 10.1 Å². The predicted octanol–water partition coefficient (Wildman–Crippen LogP) is 5.93. The molecule has 0 spiro atoms. The van der Waals surface area contributed by atoms with E-state index in [2.05, 4.69) is 5.32 Å². The molecule has 2 aromatic rings. The van der Waals surface area contributed by atoms with E-state index in [1.165, 1.54) is 6.07 Å². The van der Waals surface area contributed by atoms with Crippen molar-refractivity contribution >= 4 is 23.3 Å². The van der Waals surface area contributed by atoms with Gasteiger partial charge in [-0.15, -0.1) is 0 Å². The van der Waals surface area contributed by atoms with Gasteiger partial charge in [-0.2, -0.15) is 0 Å². The van der Waals surface area contributed by atoms with Crippen LogP contribution in [0.3, 0.4) is 0 Å². The molecule has 158 valence electrons. The van der Waals surface area contributed by atoms with Gasteiger partial charge in [0.2, 0.25) is 0 Å². The third-order valence-electron chi connectivity index (χ3n) is 3.95. The lowest BCUT2D eigenvalue weighted by Gasteiger charge is -2.21. The van der Waals surface area contributed by atoms with E-state index < -0.39 is 17.4 Å². The summed E-state index contributed by atoms with van der Waals surface area (Å²) in [4.78, 5) is 12.5. The summed E-state index contributed by atoms with van der Waals surface area (Å²) in [6, 6.07) is 7.27. The largest absolute Gasteiger partial charge is 0.506 e. The minimum atomic E-state index is -0.622. The van der Waals surface area contributed by atoms with E-state index in [4.69, 9.17) is 21.1 Å². The number of carbonyl (C=O) groups is 1. The number of hydrogen-bond donors (Lipinski definition) is 2. The zero-order chi connectivity index (χ0) is 21.6. The number of benzene rings is 2. The van der Waals surface area contributed by atoms with E-state index in [0.29, 0.717) is 29.2 Å². The molecular weight excluding hydrogens is 397 g/mol. The first-order chi connectivity index (χ1) is 13.6. The fourth-order valence-corrected chi connectivity index (χ4v) is 2.76. The number of rotatable bonds is 8. The van der Waals surface area contributed by atoms with Crippen molar-refractivity contribution in [2.24, 2.45) is 0 Å². The number of ether oxygens (including phenoxy) is 2. The van der Waals surface area contributed by atoms with Crippen LogP contribution in [0, 0.1) is 5.82 Å². The van der Waals surface area contributed by atoms with Crippen LogP contribution in [0.15, 0.2) is 30.3 Å². The Labute approximate surface area is 175 Å². The minimum Gasteiger partial charge on any atom is -0.506 e. The number of esters is 1. The number of anilines is 1. The zero-order valence-corrected chi connectivity index (χ0v) is 17.9.